The normalized spacial score (nSPS) is 16.9. The van der Waals surface area contributed by atoms with Crippen molar-refractivity contribution in [2.45, 2.75) is 30.6 Å². The van der Waals surface area contributed by atoms with Gasteiger partial charge in [0.15, 0.2) is 0 Å². The average Bonchev–Trinajstić information content (AvgIpc) is 2.90. The van der Waals surface area contributed by atoms with Crippen LogP contribution < -0.4 is 5.32 Å². The van der Waals surface area contributed by atoms with Crippen molar-refractivity contribution in [2.75, 3.05) is 17.6 Å². The highest BCUT2D eigenvalue weighted by Gasteiger charge is 2.22. The van der Waals surface area contributed by atoms with Gasteiger partial charge in [-0.3, -0.25) is 0 Å². The molecule has 1 heterocycles. The molecule has 0 aromatic heterocycles. The highest BCUT2D eigenvalue weighted by atomic mass is 32.2. The number of aryl methyl sites for hydroxylation is 1. The van der Waals surface area contributed by atoms with E-state index in [-0.39, 0.29) is 0 Å². The Bertz CT molecular complexity index is 579. The van der Waals surface area contributed by atoms with E-state index in [2.05, 4.69) is 60.8 Å². The molecule has 0 saturated heterocycles. The van der Waals surface area contributed by atoms with Gasteiger partial charge in [0.05, 0.1) is 0 Å². The van der Waals surface area contributed by atoms with E-state index in [4.69, 9.17) is 0 Å². The fourth-order valence-electron chi connectivity index (χ4n) is 2.81. The van der Waals surface area contributed by atoms with Crippen LogP contribution in [0.4, 0.5) is 5.69 Å². The van der Waals surface area contributed by atoms with Crippen LogP contribution in [-0.4, -0.2) is 12.3 Å². The first-order valence-corrected chi connectivity index (χ1v) is 8.40. The second-order valence-electron chi connectivity index (χ2n) is 5.33. The summed E-state index contributed by atoms with van der Waals surface area (Å²) in [6.07, 6.45) is 2.35. The Labute approximate surface area is 125 Å². The number of fused-ring (bicyclic) bond motifs is 1. The number of nitrogens with one attached hydrogen (secondary N) is 1. The van der Waals surface area contributed by atoms with Crippen LogP contribution >= 0.6 is 11.8 Å². The van der Waals surface area contributed by atoms with Gasteiger partial charge in [-0.2, -0.15) is 0 Å². The first-order chi connectivity index (χ1) is 9.88. The lowest BCUT2D eigenvalue weighted by Gasteiger charge is -2.15. The topological polar surface area (TPSA) is 12.0 Å². The summed E-state index contributed by atoms with van der Waals surface area (Å²) in [6, 6.07) is 17.5. The molecule has 0 bridgehead atoms. The third-order valence-corrected chi connectivity index (χ3v) is 5.13. The van der Waals surface area contributed by atoms with Gasteiger partial charge in [-0.05, 0) is 29.7 Å². The number of anilines is 1. The Morgan fingerprint density at radius 1 is 1.10 bits per heavy atom. The predicted octanol–water partition coefficient (Wildman–Crippen LogP) is 4.94. The lowest BCUT2D eigenvalue weighted by molar-refractivity contribution is 0.815. The molecular formula is C18H21NS. The molecule has 1 N–H and O–H groups in total. The molecule has 104 valence electrons. The minimum atomic E-state index is 0.630. The molecule has 20 heavy (non-hydrogen) atoms. The molecule has 2 heteroatoms. The fraction of sp³-hybridized carbons (Fsp3) is 0.333. The van der Waals surface area contributed by atoms with Crippen molar-refractivity contribution >= 4 is 17.4 Å². The molecular weight excluding hydrogens is 262 g/mol. The standard InChI is InChI=1S/C18H21NS/c1-2-7-14-8-3-5-10-17(14)19-12-15-13-20-18-11-6-4-9-16(15)18/h3-6,8-11,15,19H,2,7,12-13H2,1H3. The molecule has 0 aliphatic carbocycles. The lowest BCUT2D eigenvalue weighted by atomic mass is 10.0. The van der Waals surface area contributed by atoms with Gasteiger partial charge in [0.1, 0.15) is 0 Å². The molecule has 1 aliphatic rings. The molecule has 0 saturated carbocycles. The van der Waals surface area contributed by atoms with E-state index in [9.17, 15) is 0 Å². The Morgan fingerprint density at radius 3 is 2.80 bits per heavy atom. The molecule has 1 atom stereocenters. The number of rotatable bonds is 5. The van der Waals surface area contributed by atoms with Crippen molar-refractivity contribution < 1.29 is 0 Å². The molecule has 1 unspecified atom stereocenters. The van der Waals surface area contributed by atoms with Crippen LogP contribution in [0.1, 0.15) is 30.4 Å². The minimum absolute atomic E-state index is 0.630. The van der Waals surface area contributed by atoms with E-state index in [1.165, 1.54) is 33.9 Å². The van der Waals surface area contributed by atoms with Gasteiger partial charge >= 0.3 is 0 Å². The molecule has 0 amide bonds. The minimum Gasteiger partial charge on any atom is -0.384 e. The van der Waals surface area contributed by atoms with E-state index in [1.54, 1.807) is 0 Å². The van der Waals surface area contributed by atoms with Crippen LogP contribution in [0.3, 0.4) is 0 Å². The van der Waals surface area contributed by atoms with Crippen molar-refractivity contribution in [3.8, 4) is 0 Å². The SMILES string of the molecule is CCCc1ccccc1NCC1CSc2ccccc21. The van der Waals surface area contributed by atoms with Crippen LogP contribution in [0.5, 0.6) is 0 Å². The summed E-state index contributed by atoms with van der Waals surface area (Å²) < 4.78 is 0. The van der Waals surface area contributed by atoms with Gasteiger partial charge in [0.25, 0.3) is 0 Å². The first kappa shape index (κ1) is 13.6. The van der Waals surface area contributed by atoms with E-state index < -0.39 is 0 Å². The van der Waals surface area contributed by atoms with Gasteiger partial charge in [0, 0.05) is 28.8 Å². The number of hydrogen-bond acceptors (Lipinski definition) is 2. The summed E-state index contributed by atoms with van der Waals surface area (Å²) in [6.45, 7) is 3.27. The van der Waals surface area contributed by atoms with Crippen LogP contribution in [0.15, 0.2) is 53.4 Å². The maximum Gasteiger partial charge on any atom is 0.0372 e. The molecule has 0 spiro atoms. The van der Waals surface area contributed by atoms with Gasteiger partial charge in [-0.25, -0.2) is 0 Å². The summed E-state index contributed by atoms with van der Waals surface area (Å²) in [4.78, 5) is 1.46. The lowest BCUT2D eigenvalue weighted by Crippen LogP contribution is -2.13. The summed E-state index contributed by atoms with van der Waals surface area (Å²) in [5, 5.41) is 3.67. The Morgan fingerprint density at radius 2 is 1.90 bits per heavy atom. The molecule has 2 aromatic rings. The zero-order valence-electron chi connectivity index (χ0n) is 11.9. The fourth-order valence-corrected chi connectivity index (χ4v) is 4.07. The first-order valence-electron chi connectivity index (χ1n) is 7.42. The summed E-state index contributed by atoms with van der Waals surface area (Å²) in [5.41, 5.74) is 4.26. The molecule has 1 nitrogen and oxygen atoms in total. The van der Waals surface area contributed by atoms with Crippen LogP contribution in [0.2, 0.25) is 0 Å². The second-order valence-corrected chi connectivity index (χ2v) is 6.40. The van der Waals surface area contributed by atoms with Gasteiger partial charge in [0.2, 0.25) is 0 Å². The Kier molecular flexibility index (Phi) is 4.31. The van der Waals surface area contributed by atoms with Crippen molar-refractivity contribution in [1.29, 1.82) is 0 Å². The van der Waals surface area contributed by atoms with Crippen molar-refractivity contribution in [2.24, 2.45) is 0 Å². The Balaban J connectivity index is 1.69. The van der Waals surface area contributed by atoms with Gasteiger partial charge in [-0.1, -0.05) is 49.7 Å². The third-order valence-electron chi connectivity index (χ3n) is 3.87. The van der Waals surface area contributed by atoms with Crippen LogP contribution in [-0.2, 0) is 6.42 Å². The highest BCUT2D eigenvalue weighted by molar-refractivity contribution is 7.99. The summed E-state index contributed by atoms with van der Waals surface area (Å²) in [5.74, 6) is 1.83. The maximum atomic E-state index is 3.67. The van der Waals surface area contributed by atoms with Gasteiger partial charge in [-0.15, -0.1) is 11.8 Å². The molecule has 3 rings (SSSR count). The summed E-state index contributed by atoms with van der Waals surface area (Å²) in [7, 11) is 0. The van der Waals surface area contributed by atoms with E-state index in [0.29, 0.717) is 5.92 Å². The summed E-state index contributed by atoms with van der Waals surface area (Å²) >= 11 is 1.99. The number of thioether (sulfide) groups is 1. The van der Waals surface area contributed by atoms with Crippen molar-refractivity contribution in [1.82, 2.24) is 0 Å². The maximum absolute atomic E-state index is 3.67. The monoisotopic (exact) mass is 283 g/mol. The molecule has 2 aromatic carbocycles. The third kappa shape index (κ3) is 2.85. The molecule has 0 fully saturated rings. The van der Waals surface area contributed by atoms with Crippen LogP contribution in [0.25, 0.3) is 0 Å². The smallest absolute Gasteiger partial charge is 0.0372 e. The van der Waals surface area contributed by atoms with E-state index in [1.807, 2.05) is 11.8 Å². The second kappa shape index (κ2) is 6.36. The van der Waals surface area contributed by atoms with E-state index in [0.717, 1.165) is 13.0 Å². The number of benzene rings is 2. The van der Waals surface area contributed by atoms with Crippen molar-refractivity contribution in [3.63, 3.8) is 0 Å². The zero-order chi connectivity index (χ0) is 13.8. The zero-order valence-corrected chi connectivity index (χ0v) is 12.7. The molecule has 0 radical (unpaired) electrons. The molecule has 1 aliphatic heterocycles. The largest absolute Gasteiger partial charge is 0.384 e. The highest BCUT2D eigenvalue weighted by Crippen LogP contribution is 2.39. The number of para-hydroxylation sites is 1. The van der Waals surface area contributed by atoms with Crippen LogP contribution in [0, 0.1) is 0 Å². The van der Waals surface area contributed by atoms with Crippen molar-refractivity contribution in [3.05, 3.63) is 59.7 Å². The van der Waals surface area contributed by atoms with E-state index >= 15 is 0 Å². The quantitative estimate of drug-likeness (QED) is 0.834. The predicted molar refractivity (Wildman–Crippen MR) is 88.8 cm³/mol. The Hall–Kier alpha value is -1.41. The number of hydrogen-bond donors (Lipinski definition) is 1. The van der Waals surface area contributed by atoms with Gasteiger partial charge < -0.3 is 5.32 Å². The average molecular weight is 283 g/mol.